The van der Waals surface area contributed by atoms with Crippen LogP contribution in [0.2, 0.25) is 0 Å². The lowest BCUT2D eigenvalue weighted by Gasteiger charge is -2.37. The Morgan fingerprint density at radius 1 is 1.27 bits per heavy atom. The lowest BCUT2D eigenvalue weighted by atomic mass is 9.78. The normalized spacial score (nSPS) is 27.0. The van der Waals surface area contributed by atoms with Gasteiger partial charge >= 0.3 is 13.2 Å². The molecule has 1 atom stereocenters. The first kappa shape index (κ1) is 17.4. The summed E-state index contributed by atoms with van der Waals surface area (Å²) in [6.45, 7) is 13.9. The van der Waals surface area contributed by atoms with Crippen molar-refractivity contribution in [3.63, 3.8) is 0 Å². The topological polar surface area (TPSA) is 59.0 Å². The van der Waals surface area contributed by atoms with Crippen LogP contribution in [0, 0.1) is 0 Å². The van der Waals surface area contributed by atoms with Crippen LogP contribution in [0.4, 0.5) is 4.79 Å². The van der Waals surface area contributed by atoms with Gasteiger partial charge in [0, 0.05) is 5.54 Å². The largest absolute Gasteiger partial charge is 0.490 e. The maximum Gasteiger partial charge on any atom is 0.490 e. The third-order valence-corrected chi connectivity index (χ3v) is 4.95. The maximum absolute atomic E-state index is 11.6. The van der Waals surface area contributed by atoms with Crippen LogP contribution >= 0.6 is 0 Å². The van der Waals surface area contributed by atoms with E-state index in [-0.39, 0.29) is 24.4 Å². The molecule has 5 nitrogen and oxygen atoms in total. The summed E-state index contributed by atoms with van der Waals surface area (Å²) in [5.41, 5.74) is -0.113. The van der Waals surface area contributed by atoms with E-state index in [1.165, 1.54) is 4.90 Å². The summed E-state index contributed by atoms with van der Waals surface area (Å²) in [4.78, 5) is 13.1. The predicted molar refractivity (Wildman–Crippen MR) is 86.8 cm³/mol. The molecule has 0 aromatic carbocycles. The van der Waals surface area contributed by atoms with Gasteiger partial charge in [-0.05, 0) is 66.8 Å². The van der Waals surface area contributed by atoms with Crippen molar-refractivity contribution in [3.05, 3.63) is 11.5 Å². The van der Waals surface area contributed by atoms with Crippen LogP contribution in [-0.4, -0.2) is 46.0 Å². The second-order valence-corrected chi connectivity index (χ2v) is 8.26. The predicted octanol–water partition coefficient (Wildman–Crippen LogP) is 3.49. The van der Waals surface area contributed by atoms with Crippen molar-refractivity contribution < 1.29 is 19.2 Å². The molecule has 22 heavy (non-hydrogen) atoms. The minimum Gasteiger partial charge on any atom is -0.465 e. The molecule has 1 heterocycles. The summed E-state index contributed by atoms with van der Waals surface area (Å²) in [5, 5.41) is 9.52. The van der Waals surface area contributed by atoms with Crippen molar-refractivity contribution in [1.82, 2.24) is 4.90 Å². The molecule has 2 aliphatic rings. The Hall–Kier alpha value is -1.01. The number of carbonyl (C=O) groups is 1. The third-order valence-electron chi connectivity index (χ3n) is 4.95. The second-order valence-electron chi connectivity index (χ2n) is 8.26. The van der Waals surface area contributed by atoms with Crippen LogP contribution in [0.1, 0.15) is 61.3 Å². The quantitative estimate of drug-likeness (QED) is 0.793. The van der Waals surface area contributed by atoms with E-state index in [1.54, 1.807) is 0 Å². The van der Waals surface area contributed by atoms with Gasteiger partial charge in [-0.15, -0.1) is 0 Å². The fourth-order valence-electron chi connectivity index (χ4n) is 3.05. The molecule has 0 aromatic heterocycles. The fraction of sp³-hybridized carbons (Fsp3) is 0.812. The number of allylic oxidation sites excluding steroid dienone is 1. The van der Waals surface area contributed by atoms with E-state index in [4.69, 9.17) is 9.31 Å². The Bertz CT molecular complexity index is 477. The second kappa shape index (κ2) is 5.27. The van der Waals surface area contributed by atoms with Crippen LogP contribution < -0.4 is 0 Å². The Labute approximate surface area is 133 Å². The van der Waals surface area contributed by atoms with Crippen LogP contribution in [0.5, 0.6) is 0 Å². The molecule has 2 rings (SSSR count). The average Bonchev–Trinajstić information content (AvgIpc) is 2.80. The number of nitrogens with zero attached hydrogens (tertiary/aromatic N) is 1. The first-order valence-corrected chi connectivity index (χ1v) is 7.94. The number of rotatable bonds is 2. The third kappa shape index (κ3) is 3.04. The molecule has 1 aliphatic heterocycles. The zero-order valence-electron chi connectivity index (χ0n) is 14.8. The van der Waals surface area contributed by atoms with Crippen molar-refractivity contribution in [1.29, 1.82) is 0 Å². The lowest BCUT2D eigenvalue weighted by molar-refractivity contribution is 0.00578. The summed E-state index contributed by atoms with van der Waals surface area (Å²) in [6.07, 6.45) is 2.72. The van der Waals surface area contributed by atoms with Gasteiger partial charge in [0.1, 0.15) is 0 Å². The summed E-state index contributed by atoms with van der Waals surface area (Å²) < 4.78 is 12.1. The summed E-state index contributed by atoms with van der Waals surface area (Å²) >= 11 is 0. The number of hydrogen-bond donors (Lipinski definition) is 1. The van der Waals surface area contributed by atoms with Gasteiger partial charge in [0.25, 0.3) is 0 Å². The SMILES string of the molecule is CC(C)(C)N(C(=O)O)C1C=C(B2OC(C)(C)C(C)(C)O2)CC1. The zero-order chi connectivity index (χ0) is 16.9. The van der Waals surface area contributed by atoms with E-state index in [0.717, 1.165) is 18.3 Å². The van der Waals surface area contributed by atoms with Crippen LogP contribution in [0.15, 0.2) is 11.5 Å². The standard InChI is InChI=1S/C16H28BNO4/c1-14(2,3)18(13(19)20)12-9-8-11(10-12)17-21-15(4,5)16(6,7)22-17/h10,12H,8-9H2,1-7H3,(H,19,20). The Kier molecular flexibility index (Phi) is 4.16. The van der Waals surface area contributed by atoms with Crippen LogP contribution in [-0.2, 0) is 9.31 Å². The highest BCUT2D eigenvalue weighted by atomic mass is 16.7. The van der Waals surface area contributed by atoms with Gasteiger partial charge in [-0.3, -0.25) is 4.90 Å². The Balaban J connectivity index is 2.18. The van der Waals surface area contributed by atoms with Gasteiger partial charge in [-0.25, -0.2) is 4.79 Å². The van der Waals surface area contributed by atoms with Crippen LogP contribution in [0.3, 0.4) is 0 Å². The molecule has 0 spiro atoms. The van der Waals surface area contributed by atoms with Crippen molar-refractivity contribution in [2.45, 2.75) is 84.1 Å². The molecule has 124 valence electrons. The van der Waals surface area contributed by atoms with Gasteiger partial charge in [0.2, 0.25) is 0 Å². The maximum atomic E-state index is 11.6. The van der Waals surface area contributed by atoms with Gasteiger partial charge in [0.15, 0.2) is 0 Å². The average molecular weight is 309 g/mol. The van der Waals surface area contributed by atoms with Gasteiger partial charge in [-0.2, -0.15) is 0 Å². The van der Waals surface area contributed by atoms with Gasteiger partial charge in [-0.1, -0.05) is 6.08 Å². The Morgan fingerprint density at radius 3 is 2.18 bits per heavy atom. The molecular formula is C16H28BNO4. The molecule has 1 amide bonds. The molecule has 1 unspecified atom stereocenters. The highest BCUT2D eigenvalue weighted by Crippen LogP contribution is 2.41. The van der Waals surface area contributed by atoms with Gasteiger partial charge < -0.3 is 14.4 Å². The van der Waals surface area contributed by atoms with E-state index in [0.29, 0.717) is 0 Å². The van der Waals surface area contributed by atoms with E-state index < -0.39 is 11.6 Å². The molecule has 1 saturated heterocycles. The van der Waals surface area contributed by atoms with Gasteiger partial charge in [0.05, 0.1) is 17.2 Å². The van der Waals surface area contributed by atoms with Crippen molar-refractivity contribution in [3.8, 4) is 0 Å². The Morgan fingerprint density at radius 2 is 1.77 bits per heavy atom. The van der Waals surface area contributed by atoms with E-state index in [1.807, 2.05) is 54.5 Å². The minimum absolute atomic E-state index is 0.119. The molecule has 1 fully saturated rings. The minimum atomic E-state index is -0.885. The van der Waals surface area contributed by atoms with Crippen molar-refractivity contribution >= 4 is 13.2 Å². The van der Waals surface area contributed by atoms with E-state index >= 15 is 0 Å². The summed E-state index contributed by atoms with van der Waals surface area (Å²) in [6, 6.07) is -0.119. The van der Waals surface area contributed by atoms with Crippen molar-refractivity contribution in [2.24, 2.45) is 0 Å². The molecule has 1 N–H and O–H groups in total. The zero-order valence-corrected chi connectivity index (χ0v) is 14.8. The summed E-state index contributed by atoms with van der Waals surface area (Å²) in [5.74, 6) is 0. The molecular weight excluding hydrogens is 281 g/mol. The molecule has 0 radical (unpaired) electrons. The molecule has 6 heteroatoms. The summed E-state index contributed by atoms with van der Waals surface area (Å²) in [7, 11) is -0.370. The fourth-order valence-corrected chi connectivity index (χ4v) is 3.05. The monoisotopic (exact) mass is 309 g/mol. The smallest absolute Gasteiger partial charge is 0.465 e. The number of hydrogen-bond acceptors (Lipinski definition) is 3. The highest BCUT2D eigenvalue weighted by Gasteiger charge is 2.53. The molecule has 1 aliphatic carbocycles. The van der Waals surface area contributed by atoms with E-state index in [9.17, 15) is 9.90 Å². The molecule has 0 saturated carbocycles. The highest BCUT2D eigenvalue weighted by molar-refractivity contribution is 6.54. The number of amides is 1. The van der Waals surface area contributed by atoms with Crippen molar-refractivity contribution in [2.75, 3.05) is 0 Å². The number of carboxylic acid groups (broad SMARTS) is 1. The molecule has 0 bridgehead atoms. The van der Waals surface area contributed by atoms with E-state index in [2.05, 4.69) is 0 Å². The first-order valence-electron chi connectivity index (χ1n) is 7.94. The first-order chi connectivity index (χ1) is 9.85. The molecule has 0 aromatic rings. The lowest BCUT2D eigenvalue weighted by Crippen LogP contribution is -2.49. The van der Waals surface area contributed by atoms with Crippen LogP contribution in [0.25, 0.3) is 0 Å².